The Morgan fingerprint density at radius 2 is 2.33 bits per heavy atom. The maximum atomic E-state index is 11.2. The summed E-state index contributed by atoms with van der Waals surface area (Å²) in [6.07, 6.45) is 2.15. The molecule has 1 fully saturated rings. The van der Waals surface area contributed by atoms with E-state index in [2.05, 4.69) is 6.92 Å². The molecule has 12 heavy (non-hydrogen) atoms. The predicted molar refractivity (Wildman–Crippen MR) is 46.9 cm³/mol. The summed E-state index contributed by atoms with van der Waals surface area (Å²) in [6.45, 7) is 5.24. The molecular weight excluding hydrogens is 154 g/mol. The molecule has 70 valence electrons. The van der Waals surface area contributed by atoms with Gasteiger partial charge in [-0.15, -0.1) is 0 Å². The van der Waals surface area contributed by atoms with Gasteiger partial charge >= 0.3 is 0 Å². The van der Waals surface area contributed by atoms with Gasteiger partial charge in [0, 0.05) is 20.6 Å². The zero-order valence-corrected chi connectivity index (χ0v) is 8.09. The smallest absolute Gasteiger partial charge is 0.219 e. The minimum absolute atomic E-state index is 0.0550. The second kappa shape index (κ2) is 3.44. The fourth-order valence-electron chi connectivity index (χ4n) is 2.02. The van der Waals surface area contributed by atoms with E-state index in [1.54, 1.807) is 14.0 Å². The number of ether oxygens (including phenoxy) is 1. The highest BCUT2D eigenvalue weighted by Crippen LogP contribution is 2.28. The van der Waals surface area contributed by atoms with Crippen molar-refractivity contribution in [1.82, 2.24) is 4.90 Å². The van der Waals surface area contributed by atoms with Crippen LogP contribution >= 0.6 is 0 Å². The van der Waals surface area contributed by atoms with E-state index in [4.69, 9.17) is 4.74 Å². The lowest BCUT2D eigenvalue weighted by Crippen LogP contribution is -2.47. The van der Waals surface area contributed by atoms with Crippen LogP contribution in [0.1, 0.15) is 26.7 Å². The Hall–Kier alpha value is -0.570. The van der Waals surface area contributed by atoms with Crippen molar-refractivity contribution >= 4 is 5.91 Å². The average molecular weight is 171 g/mol. The first-order chi connectivity index (χ1) is 5.60. The third-order valence-electron chi connectivity index (χ3n) is 2.58. The van der Waals surface area contributed by atoms with Crippen LogP contribution in [0, 0.1) is 0 Å². The lowest BCUT2D eigenvalue weighted by Gasteiger charge is -2.33. The van der Waals surface area contributed by atoms with Crippen molar-refractivity contribution in [2.75, 3.05) is 20.3 Å². The van der Waals surface area contributed by atoms with Crippen LogP contribution in [0.25, 0.3) is 0 Å². The molecule has 1 rings (SSSR count). The molecule has 1 aliphatic rings. The molecule has 0 aromatic heterocycles. The van der Waals surface area contributed by atoms with Crippen LogP contribution in [0.4, 0.5) is 0 Å². The molecule has 1 saturated heterocycles. The van der Waals surface area contributed by atoms with Gasteiger partial charge in [0.15, 0.2) is 0 Å². The molecule has 3 nitrogen and oxygen atoms in total. The number of nitrogens with zero attached hydrogens (tertiary/aromatic N) is 1. The summed E-state index contributed by atoms with van der Waals surface area (Å²) in [5.74, 6) is 0.159. The molecule has 1 amide bonds. The summed E-state index contributed by atoms with van der Waals surface area (Å²) in [7, 11) is 1.68. The monoisotopic (exact) mass is 171 g/mol. The minimum atomic E-state index is -0.0550. The summed E-state index contributed by atoms with van der Waals surface area (Å²) < 4.78 is 5.12. The maximum Gasteiger partial charge on any atom is 0.219 e. The van der Waals surface area contributed by atoms with Crippen LogP contribution in [0.2, 0.25) is 0 Å². The van der Waals surface area contributed by atoms with E-state index in [1.165, 1.54) is 0 Å². The van der Waals surface area contributed by atoms with E-state index in [-0.39, 0.29) is 11.4 Å². The Labute approximate surface area is 73.7 Å². The lowest BCUT2D eigenvalue weighted by molar-refractivity contribution is -0.134. The Balaban J connectivity index is 2.67. The topological polar surface area (TPSA) is 29.5 Å². The number of hydrogen-bond acceptors (Lipinski definition) is 2. The summed E-state index contributed by atoms with van der Waals surface area (Å²) in [6, 6.07) is 0. The number of carbonyl (C=O) groups is 1. The fourth-order valence-corrected chi connectivity index (χ4v) is 2.02. The molecule has 0 aromatic carbocycles. The lowest BCUT2D eigenvalue weighted by atomic mass is 10.0. The van der Waals surface area contributed by atoms with Crippen LogP contribution < -0.4 is 0 Å². The van der Waals surface area contributed by atoms with Gasteiger partial charge in [-0.25, -0.2) is 0 Å². The first-order valence-corrected chi connectivity index (χ1v) is 4.37. The second-order valence-corrected chi connectivity index (χ2v) is 3.70. The van der Waals surface area contributed by atoms with E-state index in [0.717, 1.165) is 19.4 Å². The summed E-state index contributed by atoms with van der Waals surface area (Å²) in [5, 5.41) is 0. The first kappa shape index (κ1) is 9.52. The van der Waals surface area contributed by atoms with Gasteiger partial charge in [0.25, 0.3) is 0 Å². The molecule has 0 saturated carbocycles. The van der Waals surface area contributed by atoms with Gasteiger partial charge in [-0.2, -0.15) is 0 Å². The normalized spacial score (nSPS) is 29.4. The quantitative estimate of drug-likeness (QED) is 0.621. The van der Waals surface area contributed by atoms with E-state index >= 15 is 0 Å². The zero-order chi connectivity index (χ0) is 9.19. The van der Waals surface area contributed by atoms with Gasteiger partial charge < -0.3 is 9.64 Å². The second-order valence-electron chi connectivity index (χ2n) is 3.70. The number of hydrogen-bond donors (Lipinski definition) is 0. The summed E-state index contributed by atoms with van der Waals surface area (Å²) in [4.78, 5) is 13.1. The van der Waals surface area contributed by atoms with E-state index in [0.29, 0.717) is 6.61 Å². The molecule has 1 unspecified atom stereocenters. The third kappa shape index (κ3) is 1.61. The van der Waals surface area contributed by atoms with Gasteiger partial charge in [0.05, 0.1) is 12.1 Å². The van der Waals surface area contributed by atoms with Gasteiger partial charge in [-0.05, 0) is 19.8 Å². The van der Waals surface area contributed by atoms with Crippen LogP contribution in [0.3, 0.4) is 0 Å². The average Bonchev–Trinajstić information content (AvgIpc) is 2.32. The van der Waals surface area contributed by atoms with Crippen molar-refractivity contribution in [2.45, 2.75) is 32.2 Å². The van der Waals surface area contributed by atoms with E-state index in [1.807, 2.05) is 4.90 Å². The zero-order valence-electron chi connectivity index (χ0n) is 8.09. The third-order valence-corrected chi connectivity index (χ3v) is 2.58. The fraction of sp³-hybridized carbons (Fsp3) is 0.889. The van der Waals surface area contributed by atoms with Crippen molar-refractivity contribution in [1.29, 1.82) is 0 Å². The molecular formula is C9H17NO2. The number of likely N-dealkylation sites (tertiary alicyclic amines) is 1. The van der Waals surface area contributed by atoms with Gasteiger partial charge in [-0.3, -0.25) is 4.79 Å². The van der Waals surface area contributed by atoms with Crippen LogP contribution in [-0.4, -0.2) is 36.6 Å². The largest absolute Gasteiger partial charge is 0.382 e. The Morgan fingerprint density at radius 3 is 2.83 bits per heavy atom. The molecule has 1 aliphatic heterocycles. The number of amides is 1. The molecule has 0 radical (unpaired) electrons. The molecule has 1 heterocycles. The van der Waals surface area contributed by atoms with E-state index < -0.39 is 0 Å². The van der Waals surface area contributed by atoms with Gasteiger partial charge in [0.1, 0.15) is 0 Å². The Kier molecular flexibility index (Phi) is 2.73. The highest BCUT2D eigenvalue weighted by Gasteiger charge is 2.37. The minimum Gasteiger partial charge on any atom is -0.382 e. The Bertz CT molecular complexity index is 181. The SMILES string of the molecule is COCC1(C)CCCN1C(C)=O. The predicted octanol–water partition coefficient (Wildman–Crippen LogP) is 1.03. The van der Waals surface area contributed by atoms with Crippen molar-refractivity contribution in [2.24, 2.45) is 0 Å². The molecule has 3 heteroatoms. The van der Waals surface area contributed by atoms with Crippen LogP contribution in [-0.2, 0) is 9.53 Å². The standard InChI is InChI=1S/C9H17NO2/c1-8(11)10-6-4-5-9(10,2)7-12-3/h4-7H2,1-3H3. The van der Waals surface area contributed by atoms with Crippen LogP contribution in [0.15, 0.2) is 0 Å². The highest BCUT2D eigenvalue weighted by atomic mass is 16.5. The Morgan fingerprint density at radius 1 is 1.67 bits per heavy atom. The van der Waals surface area contributed by atoms with Gasteiger partial charge in [-0.1, -0.05) is 0 Å². The van der Waals surface area contributed by atoms with Crippen molar-refractivity contribution in [3.05, 3.63) is 0 Å². The van der Waals surface area contributed by atoms with Crippen molar-refractivity contribution in [3.8, 4) is 0 Å². The first-order valence-electron chi connectivity index (χ1n) is 4.37. The molecule has 0 bridgehead atoms. The summed E-state index contributed by atoms with van der Waals surface area (Å²) >= 11 is 0. The van der Waals surface area contributed by atoms with Crippen molar-refractivity contribution < 1.29 is 9.53 Å². The van der Waals surface area contributed by atoms with Crippen molar-refractivity contribution in [3.63, 3.8) is 0 Å². The number of carbonyl (C=O) groups excluding carboxylic acids is 1. The molecule has 0 spiro atoms. The van der Waals surface area contributed by atoms with E-state index in [9.17, 15) is 4.79 Å². The highest BCUT2D eigenvalue weighted by molar-refractivity contribution is 5.74. The van der Waals surface area contributed by atoms with Gasteiger partial charge in [0.2, 0.25) is 5.91 Å². The number of rotatable bonds is 2. The summed E-state index contributed by atoms with van der Waals surface area (Å²) in [5.41, 5.74) is -0.0550. The molecule has 0 aliphatic carbocycles. The molecule has 0 N–H and O–H groups in total. The molecule has 1 atom stereocenters. The maximum absolute atomic E-state index is 11.2. The molecule has 0 aromatic rings. The van der Waals surface area contributed by atoms with Crippen LogP contribution in [0.5, 0.6) is 0 Å². The number of methoxy groups -OCH3 is 1.